The standard InChI is InChI=1S/C10H12F5N3O/c11-9(12,10(13,14)15)8(19)17-3-1-2-5-18-6-4-16-7-18/h4,6-7H,1-3,5H2,(H,17,19). The molecule has 0 aromatic carbocycles. The van der Waals surface area contributed by atoms with E-state index in [1.807, 2.05) is 0 Å². The van der Waals surface area contributed by atoms with Gasteiger partial charge in [0, 0.05) is 25.5 Å². The van der Waals surface area contributed by atoms with Gasteiger partial charge in [-0.05, 0) is 12.8 Å². The number of halogens is 5. The van der Waals surface area contributed by atoms with Crippen molar-refractivity contribution in [1.82, 2.24) is 14.9 Å². The number of imidazole rings is 1. The molecule has 0 aliphatic carbocycles. The number of amides is 1. The number of aromatic nitrogens is 2. The van der Waals surface area contributed by atoms with E-state index in [-0.39, 0.29) is 13.0 Å². The van der Waals surface area contributed by atoms with Gasteiger partial charge in [-0.1, -0.05) is 0 Å². The number of carbonyl (C=O) groups excluding carboxylic acids is 1. The van der Waals surface area contributed by atoms with Gasteiger partial charge in [0.1, 0.15) is 0 Å². The van der Waals surface area contributed by atoms with Crippen LogP contribution in [0.2, 0.25) is 0 Å². The first kappa shape index (κ1) is 15.4. The molecule has 0 spiro atoms. The molecule has 1 aromatic heterocycles. The molecule has 1 N–H and O–H groups in total. The molecule has 0 atom stereocenters. The summed E-state index contributed by atoms with van der Waals surface area (Å²) in [6.07, 6.45) is -0.252. The van der Waals surface area contributed by atoms with Crippen LogP contribution in [0.3, 0.4) is 0 Å². The van der Waals surface area contributed by atoms with Crippen molar-refractivity contribution in [2.45, 2.75) is 31.5 Å². The van der Waals surface area contributed by atoms with Gasteiger partial charge in [-0.2, -0.15) is 22.0 Å². The quantitative estimate of drug-likeness (QED) is 0.641. The Hall–Kier alpha value is -1.67. The molecule has 1 aromatic rings. The van der Waals surface area contributed by atoms with Crippen LogP contribution in [0, 0.1) is 0 Å². The molecule has 1 rings (SSSR count). The molecule has 9 heteroatoms. The van der Waals surface area contributed by atoms with E-state index in [4.69, 9.17) is 0 Å². The number of carbonyl (C=O) groups is 1. The number of hydrogen-bond acceptors (Lipinski definition) is 2. The molecule has 1 amide bonds. The molecular formula is C10H12F5N3O. The van der Waals surface area contributed by atoms with Crippen LogP contribution in [-0.4, -0.2) is 34.1 Å². The third-order valence-electron chi connectivity index (χ3n) is 2.33. The summed E-state index contributed by atoms with van der Waals surface area (Å²) in [5.74, 6) is -7.67. The lowest BCUT2D eigenvalue weighted by molar-refractivity contribution is -0.269. The average molecular weight is 285 g/mol. The maximum absolute atomic E-state index is 12.5. The molecule has 0 fully saturated rings. The Morgan fingerprint density at radius 2 is 1.89 bits per heavy atom. The highest BCUT2D eigenvalue weighted by Crippen LogP contribution is 2.35. The number of nitrogens with one attached hydrogen (secondary N) is 1. The molecular weight excluding hydrogens is 273 g/mol. The fourth-order valence-electron chi connectivity index (χ4n) is 1.28. The smallest absolute Gasteiger partial charge is 0.351 e. The first-order chi connectivity index (χ1) is 8.75. The highest BCUT2D eigenvalue weighted by atomic mass is 19.4. The lowest BCUT2D eigenvalue weighted by Gasteiger charge is -2.18. The van der Waals surface area contributed by atoms with Crippen molar-refractivity contribution in [2.24, 2.45) is 0 Å². The van der Waals surface area contributed by atoms with Crippen molar-refractivity contribution >= 4 is 5.91 Å². The zero-order valence-corrected chi connectivity index (χ0v) is 9.75. The Labute approximate surface area is 105 Å². The van der Waals surface area contributed by atoms with Gasteiger partial charge in [-0.3, -0.25) is 4.79 Å². The van der Waals surface area contributed by atoms with Gasteiger partial charge < -0.3 is 9.88 Å². The third-order valence-corrected chi connectivity index (χ3v) is 2.33. The number of unbranched alkanes of at least 4 members (excludes halogenated alkanes) is 1. The fraction of sp³-hybridized carbons (Fsp3) is 0.600. The molecule has 4 nitrogen and oxygen atoms in total. The fourth-order valence-corrected chi connectivity index (χ4v) is 1.28. The summed E-state index contributed by atoms with van der Waals surface area (Å²) in [7, 11) is 0. The normalized spacial score (nSPS) is 12.5. The summed E-state index contributed by atoms with van der Waals surface area (Å²) in [6.45, 7) is 0.310. The Balaban J connectivity index is 2.24. The SMILES string of the molecule is O=C(NCCCCn1ccnc1)C(F)(F)C(F)(F)F. The topological polar surface area (TPSA) is 46.9 Å². The summed E-state index contributed by atoms with van der Waals surface area (Å²) >= 11 is 0. The minimum absolute atomic E-state index is 0.237. The number of nitrogens with zero attached hydrogens (tertiary/aromatic N) is 2. The Morgan fingerprint density at radius 1 is 1.21 bits per heavy atom. The Bertz CT molecular complexity index is 402. The highest BCUT2D eigenvalue weighted by Gasteiger charge is 2.63. The van der Waals surface area contributed by atoms with Gasteiger partial charge >= 0.3 is 12.1 Å². The zero-order chi connectivity index (χ0) is 14.5. The van der Waals surface area contributed by atoms with E-state index < -0.39 is 18.0 Å². The highest BCUT2D eigenvalue weighted by molar-refractivity contribution is 5.84. The van der Waals surface area contributed by atoms with Gasteiger partial charge in [-0.25, -0.2) is 4.98 Å². The molecule has 0 aliphatic heterocycles. The van der Waals surface area contributed by atoms with Crippen LogP contribution < -0.4 is 5.32 Å². The third kappa shape index (κ3) is 4.18. The van der Waals surface area contributed by atoms with Crippen molar-refractivity contribution in [3.05, 3.63) is 18.7 Å². The molecule has 0 unspecified atom stereocenters. The summed E-state index contributed by atoms with van der Waals surface area (Å²) in [6, 6.07) is 0. The van der Waals surface area contributed by atoms with E-state index in [9.17, 15) is 26.7 Å². The molecule has 0 saturated heterocycles. The number of alkyl halides is 5. The van der Waals surface area contributed by atoms with Crippen LogP contribution in [0.5, 0.6) is 0 Å². The minimum Gasteiger partial charge on any atom is -0.351 e. The summed E-state index contributed by atoms with van der Waals surface area (Å²) in [5, 5.41) is 1.58. The first-order valence-corrected chi connectivity index (χ1v) is 5.43. The van der Waals surface area contributed by atoms with Gasteiger partial charge in [0.05, 0.1) is 6.33 Å². The van der Waals surface area contributed by atoms with Crippen LogP contribution in [0.4, 0.5) is 22.0 Å². The lowest BCUT2D eigenvalue weighted by Crippen LogP contribution is -2.50. The second kappa shape index (κ2) is 5.98. The minimum atomic E-state index is -5.87. The second-order valence-corrected chi connectivity index (χ2v) is 3.84. The van der Waals surface area contributed by atoms with Crippen molar-refractivity contribution < 1.29 is 26.7 Å². The molecule has 0 bridgehead atoms. The van der Waals surface area contributed by atoms with E-state index in [1.165, 1.54) is 0 Å². The van der Waals surface area contributed by atoms with Crippen LogP contribution in [0.15, 0.2) is 18.7 Å². The zero-order valence-electron chi connectivity index (χ0n) is 9.75. The first-order valence-electron chi connectivity index (χ1n) is 5.43. The number of rotatable bonds is 6. The average Bonchev–Trinajstić information content (AvgIpc) is 2.79. The van der Waals surface area contributed by atoms with Gasteiger partial charge in [-0.15, -0.1) is 0 Å². The van der Waals surface area contributed by atoms with Crippen LogP contribution in [0.1, 0.15) is 12.8 Å². The Kier molecular flexibility index (Phi) is 4.84. The van der Waals surface area contributed by atoms with Crippen molar-refractivity contribution in [3.8, 4) is 0 Å². The number of aryl methyl sites for hydroxylation is 1. The van der Waals surface area contributed by atoms with E-state index >= 15 is 0 Å². The van der Waals surface area contributed by atoms with Crippen LogP contribution in [0.25, 0.3) is 0 Å². The van der Waals surface area contributed by atoms with Gasteiger partial charge in [0.25, 0.3) is 5.91 Å². The summed E-state index contributed by atoms with van der Waals surface area (Å²) in [5.41, 5.74) is 0. The maximum atomic E-state index is 12.5. The summed E-state index contributed by atoms with van der Waals surface area (Å²) < 4.78 is 62.2. The lowest BCUT2D eigenvalue weighted by atomic mass is 10.2. The summed E-state index contributed by atoms with van der Waals surface area (Å²) in [4.78, 5) is 14.5. The second-order valence-electron chi connectivity index (χ2n) is 3.84. The predicted molar refractivity (Wildman–Crippen MR) is 55.5 cm³/mol. The van der Waals surface area contributed by atoms with Crippen LogP contribution >= 0.6 is 0 Å². The molecule has 0 saturated carbocycles. The monoisotopic (exact) mass is 285 g/mol. The molecule has 1 heterocycles. The van der Waals surface area contributed by atoms with Crippen LogP contribution in [-0.2, 0) is 11.3 Å². The van der Waals surface area contributed by atoms with Crippen molar-refractivity contribution in [2.75, 3.05) is 6.54 Å². The molecule has 0 aliphatic rings. The van der Waals surface area contributed by atoms with E-state index in [0.29, 0.717) is 13.0 Å². The van der Waals surface area contributed by atoms with E-state index in [2.05, 4.69) is 4.98 Å². The molecule has 19 heavy (non-hydrogen) atoms. The molecule has 0 radical (unpaired) electrons. The maximum Gasteiger partial charge on any atom is 0.463 e. The van der Waals surface area contributed by atoms with Crippen molar-refractivity contribution in [3.63, 3.8) is 0 Å². The molecule has 108 valence electrons. The van der Waals surface area contributed by atoms with Gasteiger partial charge in [0.15, 0.2) is 0 Å². The van der Waals surface area contributed by atoms with E-state index in [0.717, 1.165) is 0 Å². The number of hydrogen-bond donors (Lipinski definition) is 1. The van der Waals surface area contributed by atoms with Crippen molar-refractivity contribution in [1.29, 1.82) is 0 Å². The van der Waals surface area contributed by atoms with E-state index in [1.54, 1.807) is 28.6 Å². The van der Waals surface area contributed by atoms with Gasteiger partial charge in [0.2, 0.25) is 0 Å². The predicted octanol–water partition coefficient (Wildman–Crippen LogP) is 1.98. The Morgan fingerprint density at radius 3 is 2.42 bits per heavy atom. The largest absolute Gasteiger partial charge is 0.463 e.